The van der Waals surface area contributed by atoms with Gasteiger partial charge in [0.2, 0.25) is 0 Å². The Morgan fingerprint density at radius 2 is 2.28 bits per heavy atom. The minimum atomic E-state index is -0.820. The Labute approximate surface area is 106 Å². The van der Waals surface area contributed by atoms with Crippen LogP contribution in [0.4, 0.5) is 0 Å². The molecule has 5 nitrogen and oxygen atoms in total. The van der Waals surface area contributed by atoms with Crippen molar-refractivity contribution in [2.75, 3.05) is 20.5 Å². The number of ether oxygens (including phenoxy) is 3. The average Bonchev–Trinajstić information content (AvgIpc) is 2.62. The second-order valence-electron chi connectivity index (χ2n) is 5.08. The standard InChI is InChI=1S/C13H18O5/c1-8-4-5-9-6-17-12(15)13(9,2)10(8)11(14)18-7-16-3/h4-5,8-10H,6-7H2,1-3H3/t8-,9-,10+,13+/m1/s1. The highest BCUT2D eigenvalue weighted by atomic mass is 16.7. The maximum atomic E-state index is 12.1. The van der Waals surface area contributed by atoms with Crippen LogP contribution in [0.25, 0.3) is 0 Å². The third-order valence-electron chi connectivity index (χ3n) is 4.00. The van der Waals surface area contributed by atoms with Crippen LogP contribution in [0.5, 0.6) is 0 Å². The SMILES string of the molecule is COCOC(=O)[C@@H]1[C@H](C)C=C[C@@H]2COC(=O)[C@@]21C. The molecular weight excluding hydrogens is 236 g/mol. The molecule has 100 valence electrons. The molecule has 0 unspecified atom stereocenters. The van der Waals surface area contributed by atoms with Crippen LogP contribution in [0.2, 0.25) is 0 Å². The Hall–Kier alpha value is -1.36. The number of cyclic esters (lactones) is 1. The lowest BCUT2D eigenvalue weighted by molar-refractivity contribution is -0.171. The molecule has 0 aromatic heterocycles. The van der Waals surface area contributed by atoms with Gasteiger partial charge in [0.1, 0.15) is 0 Å². The van der Waals surface area contributed by atoms with Crippen molar-refractivity contribution in [3.63, 3.8) is 0 Å². The Morgan fingerprint density at radius 3 is 2.94 bits per heavy atom. The lowest BCUT2D eigenvalue weighted by Gasteiger charge is -2.38. The Bertz CT molecular complexity index is 389. The summed E-state index contributed by atoms with van der Waals surface area (Å²) in [6.07, 6.45) is 3.92. The Balaban J connectivity index is 2.28. The highest BCUT2D eigenvalue weighted by Gasteiger charge is 2.58. The molecule has 1 aliphatic carbocycles. The van der Waals surface area contributed by atoms with Crippen molar-refractivity contribution >= 4 is 11.9 Å². The van der Waals surface area contributed by atoms with Gasteiger partial charge in [-0.3, -0.25) is 9.59 Å². The predicted molar refractivity (Wildman–Crippen MR) is 62.3 cm³/mol. The molecule has 0 spiro atoms. The van der Waals surface area contributed by atoms with E-state index in [4.69, 9.17) is 14.2 Å². The smallest absolute Gasteiger partial charge is 0.313 e. The van der Waals surface area contributed by atoms with Gasteiger partial charge >= 0.3 is 11.9 Å². The molecular formula is C13H18O5. The fourth-order valence-corrected chi connectivity index (χ4v) is 2.89. The van der Waals surface area contributed by atoms with E-state index in [-0.39, 0.29) is 24.6 Å². The summed E-state index contributed by atoms with van der Waals surface area (Å²) in [7, 11) is 1.45. The summed E-state index contributed by atoms with van der Waals surface area (Å²) >= 11 is 0. The van der Waals surface area contributed by atoms with Crippen molar-refractivity contribution in [1.29, 1.82) is 0 Å². The summed E-state index contributed by atoms with van der Waals surface area (Å²) in [5.41, 5.74) is -0.820. The van der Waals surface area contributed by atoms with Crippen molar-refractivity contribution in [3.8, 4) is 0 Å². The van der Waals surface area contributed by atoms with Gasteiger partial charge in [0, 0.05) is 13.0 Å². The van der Waals surface area contributed by atoms with Gasteiger partial charge in [-0.1, -0.05) is 19.1 Å². The molecule has 1 saturated heterocycles. The van der Waals surface area contributed by atoms with E-state index in [9.17, 15) is 9.59 Å². The molecule has 1 aliphatic heterocycles. The summed E-state index contributed by atoms with van der Waals surface area (Å²) in [5.74, 6) is -1.34. The van der Waals surface area contributed by atoms with Crippen molar-refractivity contribution in [2.45, 2.75) is 13.8 Å². The van der Waals surface area contributed by atoms with E-state index in [0.29, 0.717) is 6.61 Å². The topological polar surface area (TPSA) is 61.8 Å². The van der Waals surface area contributed by atoms with Crippen LogP contribution < -0.4 is 0 Å². The predicted octanol–water partition coefficient (Wildman–Crippen LogP) is 1.13. The summed E-state index contributed by atoms with van der Waals surface area (Å²) in [6.45, 7) is 3.93. The van der Waals surface area contributed by atoms with Gasteiger partial charge in [-0.15, -0.1) is 0 Å². The van der Waals surface area contributed by atoms with E-state index < -0.39 is 17.3 Å². The fourth-order valence-electron chi connectivity index (χ4n) is 2.89. The van der Waals surface area contributed by atoms with Crippen LogP contribution in [0, 0.1) is 23.2 Å². The maximum absolute atomic E-state index is 12.1. The number of carbonyl (C=O) groups excluding carboxylic acids is 2. The van der Waals surface area contributed by atoms with Crippen LogP contribution in [0.15, 0.2) is 12.2 Å². The monoisotopic (exact) mass is 254 g/mol. The van der Waals surface area contributed by atoms with Gasteiger partial charge in [0.25, 0.3) is 0 Å². The molecule has 0 bridgehead atoms. The van der Waals surface area contributed by atoms with Crippen molar-refractivity contribution in [3.05, 3.63) is 12.2 Å². The first-order valence-corrected chi connectivity index (χ1v) is 6.03. The van der Waals surface area contributed by atoms with Crippen LogP contribution in [-0.2, 0) is 23.8 Å². The highest BCUT2D eigenvalue weighted by molar-refractivity contribution is 5.87. The van der Waals surface area contributed by atoms with Gasteiger partial charge in [-0.25, -0.2) is 0 Å². The molecule has 5 heteroatoms. The quantitative estimate of drug-likeness (QED) is 0.429. The number of methoxy groups -OCH3 is 1. The zero-order chi connectivity index (χ0) is 13.3. The number of hydrogen-bond donors (Lipinski definition) is 0. The van der Waals surface area contributed by atoms with Crippen LogP contribution in [-0.4, -0.2) is 32.4 Å². The van der Waals surface area contributed by atoms with E-state index in [1.807, 2.05) is 19.1 Å². The Morgan fingerprint density at radius 1 is 1.56 bits per heavy atom. The van der Waals surface area contributed by atoms with Crippen LogP contribution >= 0.6 is 0 Å². The number of esters is 2. The second kappa shape index (κ2) is 4.72. The molecule has 0 saturated carbocycles. The zero-order valence-electron chi connectivity index (χ0n) is 10.8. The summed E-state index contributed by atoms with van der Waals surface area (Å²) < 4.78 is 14.9. The molecule has 0 aromatic rings. The minimum Gasteiger partial charge on any atom is -0.465 e. The first kappa shape index (κ1) is 13.1. The van der Waals surface area contributed by atoms with Crippen molar-refractivity contribution in [1.82, 2.24) is 0 Å². The van der Waals surface area contributed by atoms with E-state index >= 15 is 0 Å². The van der Waals surface area contributed by atoms with Gasteiger partial charge < -0.3 is 14.2 Å². The third kappa shape index (κ3) is 1.82. The molecule has 1 fully saturated rings. The normalized spacial score (nSPS) is 38.2. The zero-order valence-corrected chi connectivity index (χ0v) is 10.8. The van der Waals surface area contributed by atoms with Crippen molar-refractivity contribution < 1.29 is 23.8 Å². The summed E-state index contributed by atoms with van der Waals surface area (Å²) in [6, 6.07) is 0. The largest absolute Gasteiger partial charge is 0.465 e. The van der Waals surface area contributed by atoms with Gasteiger partial charge in [-0.2, -0.15) is 0 Å². The van der Waals surface area contributed by atoms with Crippen LogP contribution in [0.1, 0.15) is 13.8 Å². The first-order chi connectivity index (χ1) is 8.51. The maximum Gasteiger partial charge on any atom is 0.313 e. The third-order valence-corrected chi connectivity index (χ3v) is 4.00. The molecule has 2 aliphatic rings. The number of rotatable bonds is 3. The molecule has 0 N–H and O–H groups in total. The van der Waals surface area contributed by atoms with E-state index in [1.54, 1.807) is 6.92 Å². The molecule has 18 heavy (non-hydrogen) atoms. The average molecular weight is 254 g/mol. The lowest BCUT2D eigenvalue weighted by atomic mass is 9.62. The van der Waals surface area contributed by atoms with Crippen LogP contribution in [0.3, 0.4) is 0 Å². The molecule has 2 rings (SSSR count). The molecule has 1 heterocycles. The highest BCUT2D eigenvalue weighted by Crippen LogP contribution is 2.49. The minimum absolute atomic E-state index is 0.0544. The van der Waals surface area contributed by atoms with Gasteiger partial charge in [-0.05, 0) is 12.8 Å². The number of allylic oxidation sites excluding steroid dienone is 1. The molecule has 0 aromatic carbocycles. The molecule has 4 atom stereocenters. The van der Waals surface area contributed by atoms with Gasteiger partial charge in [0.05, 0.1) is 17.9 Å². The number of carbonyl (C=O) groups is 2. The summed E-state index contributed by atoms with van der Waals surface area (Å²) in [5, 5.41) is 0. The Kier molecular flexibility index (Phi) is 3.43. The fraction of sp³-hybridized carbons (Fsp3) is 0.692. The second-order valence-corrected chi connectivity index (χ2v) is 5.08. The lowest BCUT2D eigenvalue weighted by Crippen LogP contribution is -2.47. The number of fused-ring (bicyclic) bond motifs is 1. The van der Waals surface area contributed by atoms with E-state index in [2.05, 4.69) is 0 Å². The van der Waals surface area contributed by atoms with Gasteiger partial charge in [0.15, 0.2) is 6.79 Å². The number of hydrogen-bond acceptors (Lipinski definition) is 5. The summed E-state index contributed by atoms with van der Waals surface area (Å²) in [4.78, 5) is 24.1. The first-order valence-electron chi connectivity index (χ1n) is 6.03. The van der Waals surface area contributed by atoms with E-state index in [0.717, 1.165) is 0 Å². The van der Waals surface area contributed by atoms with E-state index in [1.165, 1.54) is 7.11 Å². The molecule has 0 radical (unpaired) electrons. The molecule has 0 amide bonds. The van der Waals surface area contributed by atoms with Crippen molar-refractivity contribution in [2.24, 2.45) is 23.2 Å².